The molecule has 0 aliphatic carbocycles. The Morgan fingerprint density at radius 2 is 1.42 bits per heavy atom. The molecule has 0 bridgehead atoms. The summed E-state index contributed by atoms with van der Waals surface area (Å²) >= 11 is 0. The predicted octanol–water partition coefficient (Wildman–Crippen LogP) is 4.95. The maximum atomic E-state index is 13.9. The maximum absolute atomic E-state index is 13.9. The molecular formula is C32H39N3O3. The van der Waals surface area contributed by atoms with Gasteiger partial charge in [-0.3, -0.25) is 14.5 Å². The SMILES string of the molecule is C[C@@H]1COC[C@@H](C)N1C(=O)[C@@H]1CCCN(C2CCN(C(=O)c3c4ccccc4cc4ccccc34)CC2)C1. The van der Waals surface area contributed by atoms with Gasteiger partial charge < -0.3 is 14.5 Å². The Morgan fingerprint density at radius 1 is 0.816 bits per heavy atom. The zero-order chi connectivity index (χ0) is 26.2. The molecule has 6 rings (SSSR count). The molecule has 3 atom stereocenters. The lowest BCUT2D eigenvalue weighted by Gasteiger charge is -2.45. The van der Waals surface area contributed by atoms with Crippen molar-refractivity contribution in [3.8, 4) is 0 Å². The van der Waals surface area contributed by atoms with Crippen molar-refractivity contribution in [3.05, 3.63) is 60.2 Å². The van der Waals surface area contributed by atoms with E-state index in [-0.39, 0.29) is 23.9 Å². The van der Waals surface area contributed by atoms with Crippen molar-refractivity contribution in [2.75, 3.05) is 39.4 Å². The number of likely N-dealkylation sites (tertiary alicyclic amines) is 2. The summed E-state index contributed by atoms with van der Waals surface area (Å²) < 4.78 is 5.65. The highest BCUT2D eigenvalue weighted by Gasteiger charge is 2.38. The van der Waals surface area contributed by atoms with E-state index in [1.165, 1.54) is 0 Å². The van der Waals surface area contributed by atoms with Crippen LogP contribution in [0.25, 0.3) is 21.5 Å². The smallest absolute Gasteiger partial charge is 0.255 e. The minimum Gasteiger partial charge on any atom is -0.377 e. The summed E-state index contributed by atoms with van der Waals surface area (Å²) in [4.78, 5) is 34.1. The van der Waals surface area contributed by atoms with Gasteiger partial charge in [-0.2, -0.15) is 0 Å². The second-order valence-electron chi connectivity index (χ2n) is 11.5. The number of carbonyl (C=O) groups is 2. The Hall–Kier alpha value is -2.96. The van der Waals surface area contributed by atoms with Crippen molar-refractivity contribution in [2.45, 2.75) is 57.7 Å². The molecule has 0 aromatic heterocycles. The van der Waals surface area contributed by atoms with E-state index >= 15 is 0 Å². The Labute approximate surface area is 225 Å². The van der Waals surface area contributed by atoms with Crippen molar-refractivity contribution in [1.82, 2.24) is 14.7 Å². The van der Waals surface area contributed by atoms with Gasteiger partial charge in [-0.25, -0.2) is 0 Å². The molecule has 0 spiro atoms. The topological polar surface area (TPSA) is 53.1 Å². The summed E-state index contributed by atoms with van der Waals surface area (Å²) in [6.07, 6.45) is 3.95. The van der Waals surface area contributed by atoms with Gasteiger partial charge in [0.15, 0.2) is 0 Å². The lowest BCUT2D eigenvalue weighted by molar-refractivity contribution is -0.150. The molecule has 3 fully saturated rings. The van der Waals surface area contributed by atoms with E-state index in [0.29, 0.717) is 25.2 Å². The number of rotatable bonds is 3. The van der Waals surface area contributed by atoms with Crippen LogP contribution in [0.5, 0.6) is 0 Å². The van der Waals surface area contributed by atoms with Gasteiger partial charge in [0.1, 0.15) is 0 Å². The maximum Gasteiger partial charge on any atom is 0.255 e. The molecule has 3 heterocycles. The zero-order valence-corrected chi connectivity index (χ0v) is 22.6. The highest BCUT2D eigenvalue weighted by molar-refractivity contribution is 6.18. The van der Waals surface area contributed by atoms with Gasteiger partial charge in [-0.05, 0) is 73.7 Å². The summed E-state index contributed by atoms with van der Waals surface area (Å²) in [5.41, 5.74) is 0.828. The second-order valence-corrected chi connectivity index (χ2v) is 11.5. The molecule has 3 aliphatic rings. The van der Waals surface area contributed by atoms with Gasteiger partial charge in [0, 0.05) is 25.7 Å². The second kappa shape index (κ2) is 10.7. The average molecular weight is 514 g/mol. The van der Waals surface area contributed by atoms with Crippen molar-refractivity contribution < 1.29 is 14.3 Å². The molecule has 200 valence electrons. The highest BCUT2D eigenvalue weighted by atomic mass is 16.5. The van der Waals surface area contributed by atoms with Gasteiger partial charge in [-0.1, -0.05) is 48.5 Å². The summed E-state index contributed by atoms with van der Waals surface area (Å²) in [7, 11) is 0. The van der Waals surface area contributed by atoms with E-state index in [4.69, 9.17) is 4.74 Å². The van der Waals surface area contributed by atoms with E-state index in [2.05, 4.69) is 54.0 Å². The van der Waals surface area contributed by atoms with Gasteiger partial charge in [0.2, 0.25) is 5.91 Å². The number of piperidine rings is 2. The number of nitrogens with zero attached hydrogens (tertiary/aromatic N) is 3. The molecule has 2 amide bonds. The van der Waals surface area contributed by atoms with Crippen LogP contribution in [0.1, 0.15) is 49.9 Å². The molecule has 3 aromatic carbocycles. The number of fused-ring (bicyclic) bond motifs is 2. The molecule has 0 radical (unpaired) electrons. The highest BCUT2D eigenvalue weighted by Crippen LogP contribution is 2.32. The van der Waals surface area contributed by atoms with Gasteiger partial charge in [-0.15, -0.1) is 0 Å². The average Bonchev–Trinajstić information content (AvgIpc) is 2.95. The largest absolute Gasteiger partial charge is 0.377 e. The minimum atomic E-state index is 0.0634. The number of hydrogen-bond acceptors (Lipinski definition) is 4. The van der Waals surface area contributed by atoms with E-state index < -0.39 is 0 Å². The van der Waals surface area contributed by atoms with E-state index in [1.54, 1.807) is 0 Å². The molecule has 3 aliphatic heterocycles. The van der Waals surface area contributed by atoms with Crippen LogP contribution in [0.2, 0.25) is 0 Å². The van der Waals surface area contributed by atoms with Crippen LogP contribution in [0.4, 0.5) is 0 Å². The van der Waals surface area contributed by atoms with E-state index in [9.17, 15) is 9.59 Å². The molecule has 6 heteroatoms. The van der Waals surface area contributed by atoms with Crippen LogP contribution in [-0.4, -0.2) is 84.0 Å². The van der Waals surface area contributed by atoms with E-state index in [1.807, 2.05) is 29.2 Å². The van der Waals surface area contributed by atoms with Crippen molar-refractivity contribution in [2.24, 2.45) is 5.92 Å². The van der Waals surface area contributed by atoms with Gasteiger partial charge in [0.25, 0.3) is 5.91 Å². The Bertz CT molecular complexity index is 1270. The van der Waals surface area contributed by atoms with E-state index in [0.717, 1.165) is 79.0 Å². The lowest BCUT2D eigenvalue weighted by Crippen LogP contribution is -2.57. The normalized spacial score (nSPS) is 25.7. The first-order valence-corrected chi connectivity index (χ1v) is 14.3. The van der Waals surface area contributed by atoms with Crippen LogP contribution in [-0.2, 0) is 9.53 Å². The predicted molar refractivity (Wildman–Crippen MR) is 151 cm³/mol. The molecule has 3 saturated heterocycles. The fourth-order valence-electron chi connectivity index (χ4n) is 7.03. The third-order valence-electron chi connectivity index (χ3n) is 8.98. The third kappa shape index (κ3) is 4.69. The van der Waals surface area contributed by atoms with Crippen LogP contribution in [0, 0.1) is 5.92 Å². The Kier molecular flexibility index (Phi) is 7.10. The first-order chi connectivity index (χ1) is 18.5. The van der Waals surface area contributed by atoms with Crippen molar-refractivity contribution in [1.29, 1.82) is 0 Å². The van der Waals surface area contributed by atoms with Crippen LogP contribution >= 0.6 is 0 Å². The summed E-state index contributed by atoms with van der Waals surface area (Å²) in [6.45, 7) is 8.85. The molecule has 0 N–H and O–H groups in total. The molecule has 6 nitrogen and oxygen atoms in total. The molecule has 3 aromatic rings. The first-order valence-electron chi connectivity index (χ1n) is 14.3. The monoisotopic (exact) mass is 513 g/mol. The Morgan fingerprint density at radius 3 is 2.05 bits per heavy atom. The number of carbonyl (C=O) groups excluding carboxylic acids is 2. The van der Waals surface area contributed by atoms with Crippen LogP contribution < -0.4 is 0 Å². The van der Waals surface area contributed by atoms with Crippen molar-refractivity contribution in [3.63, 3.8) is 0 Å². The van der Waals surface area contributed by atoms with Crippen molar-refractivity contribution >= 4 is 33.4 Å². The van der Waals surface area contributed by atoms with Gasteiger partial charge >= 0.3 is 0 Å². The molecular weight excluding hydrogens is 474 g/mol. The lowest BCUT2D eigenvalue weighted by atomic mass is 9.91. The van der Waals surface area contributed by atoms with Crippen LogP contribution in [0.3, 0.4) is 0 Å². The standard InChI is InChI=1S/C32H39N3O3/c1-22-20-38-21-23(2)35(22)31(36)26-10-7-15-34(19-26)27-13-16-33(17-14-27)32(37)30-28-11-5-3-8-24(28)18-25-9-4-6-12-29(25)30/h3-6,8-9,11-12,18,22-23,26-27H,7,10,13-17,19-21H2,1-2H3/t22-,23-,26-/m1/s1. The summed E-state index contributed by atoms with van der Waals surface area (Å²) in [5, 5.41) is 4.28. The number of benzene rings is 3. The third-order valence-corrected chi connectivity index (χ3v) is 8.98. The summed E-state index contributed by atoms with van der Waals surface area (Å²) in [6, 6.07) is 19.3. The molecule has 0 saturated carbocycles. The van der Waals surface area contributed by atoms with Gasteiger partial charge in [0.05, 0.1) is 36.8 Å². The Balaban J connectivity index is 1.14. The summed E-state index contributed by atoms with van der Waals surface area (Å²) in [5.74, 6) is 0.500. The number of morpholine rings is 1. The minimum absolute atomic E-state index is 0.0634. The number of ether oxygens (including phenoxy) is 1. The van der Waals surface area contributed by atoms with Crippen LogP contribution in [0.15, 0.2) is 54.6 Å². The fourth-order valence-corrected chi connectivity index (χ4v) is 7.03. The zero-order valence-electron chi connectivity index (χ0n) is 22.6. The number of amides is 2. The fraction of sp³-hybridized carbons (Fsp3) is 0.500. The number of hydrogen-bond donors (Lipinski definition) is 0. The molecule has 0 unspecified atom stereocenters. The first kappa shape index (κ1) is 25.3. The molecule has 38 heavy (non-hydrogen) atoms. The quantitative estimate of drug-likeness (QED) is 0.466.